The zero-order valence-corrected chi connectivity index (χ0v) is 10.4. The van der Waals surface area contributed by atoms with Gasteiger partial charge in [0.15, 0.2) is 0 Å². The summed E-state index contributed by atoms with van der Waals surface area (Å²) in [5, 5.41) is 17.2. The molecule has 8 heteroatoms. The standard InChI is InChI=1S/C10H16N4O4/c1-3-13-9(8(7-12-13)14(16)17)10(15)11-5-4-6-18-2/h7H,3-6H2,1-2H3,(H,11,15). The predicted molar refractivity (Wildman–Crippen MR) is 63.4 cm³/mol. The molecular formula is C10H16N4O4. The van der Waals surface area contributed by atoms with E-state index in [9.17, 15) is 14.9 Å². The molecule has 1 aromatic rings. The number of aryl methyl sites for hydroxylation is 1. The van der Waals surface area contributed by atoms with Crippen LogP contribution < -0.4 is 5.32 Å². The fraction of sp³-hybridized carbons (Fsp3) is 0.600. The van der Waals surface area contributed by atoms with Gasteiger partial charge in [-0.3, -0.25) is 19.6 Å². The monoisotopic (exact) mass is 256 g/mol. The molecule has 8 nitrogen and oxygen atoms in total. The van der Waals surface area contributed by atoms with Gasteiger partial charge in [-0.2, -0.15) is 5.10 Å². The Morgan fingerprint density at radius 1 is 1.67 bits per heavy atom. The normalized spacial score (nSPS) is 10.3. The minimum atomic E-state index is -0.608. The van der Waals surface area contributed by atoms with Crippen LogP contribution in [-0.4, -0.2) is 40.9 Å². The summed E-state index contributed by atoms with van der Waals surface area (Å²) in [7, 11) is 1.57. The summed E-state index contributed by atoms with van der Waals surface area (Å²) >= 11 is 0. The van der Waals surface area contributed by atoms with Crippen LogP contribution in [0.3, 0.4) is 0 Å². The third-order valence-corrected chi connectivity index (χ3v) is 2.34. The number of carbonyl (C=O) groups is 1. The van der Waals surface area contributed by atoms with Crippen LogP contribution in [-0.2, 0) is 11.3 Å². The van der Waals surface area contributed by atoms with E-state index in [1.807, 2.05) is 0 Å². The lowest BCUT2D eigenvalue weighted by atomic mass is 10.3. The summed E-state index contributed by atoms with van der Waals surface area (Å²) in [6, 6.07) is 0. The minimum absolute atomic E-state index is 0.0140. The summed E-state index contributed by atoms with van der Waals surface area (Å²) < 4.78 is 6.15. The number of methoxy groups -OCH3 is 1. The summed E-state index contributed by atoms with van der Waals surface area (Å²) in [5.74, 6) is -0.489. The van der Waals surface area contributed by atoms with Crippen LogP contribution in [0.25, 0.3) is 0 Å². The van der Waals surface area contributed by atoms with Crippen molar-refractivity contribution in [3.05, 3.63) is 22.0 Å². The Bertz CT molecular complexity index is 430. The summed E-state index contributed by atoms with van der Waals surface area (Å²) in [5.41, 5.74) is -0.291. The van der Waals surface area contributed by atoms with Crippen molar-refractivity contribution < 1.29 is 14.5 Å². The van der Waals surface area contributed by atoms with Crippen molar-refractivity contribution in [2.75, 3.05) is 20.3 Å². The molecule has 0 aliphatic carbocycles. The van der Waals surface area contributed by atoms with Crippen molar-refractivity contribution in [2.24, 2.45) is 0 Å². The maximum absolute atomic E-state index is 11.9. The van der Waals surface area contributed by atoms with Gasteiger partial charge in [-0.05, 0) is 13.3 Å². The number of ether oxygens (including phenoxy) is 1. The second kappa shape index (κ2) is 6.70. The van der Waals surface area contributed by atoms with E-state index in [1.54, 1.807) is 14.0 Å². The quantitative estimate of drug-likeness (QED) is 0.437. The molecule has 1 aromatic heterocycles. The highest BCUT2D eigenvalue weighted by atomic mass is 16.6. The molecule has 0 aliphatic rings. The van der Waals surface area contributed by atoms with Crippen LogP contribution in [0.4, 0.5) is 5.69 Å². The first-order valence-electron chi connectivity index (χ1n) is 5.59. The molecular weight excluding hydrogens is 240 g/mol. The molecule has 0 unspecified atom stereocenters. The van der Waals surface area contributed by atoms with E-state index in [4.69, 9.17) is 4.74 Å². The number of hydrogen-bond acceptors (Lipinski definition) is 5. The van der Waals surface area contributed by atoms with Gasteiger partial charge in [0, 0.05) is 26.8 Å². The highest BCUT2D eigenvalue weighted by molar-refractivity contribution is 5.96. The number of carbonyl (C=O) groups excluding carboxylic acids is 1. The van der Waals surface area contributed by atoms with Gasteiger partial charge in [0.2, 0.25) is 5.69 Å². The maximum Gasteiger partial charge on any atom is 0.320 e. The van der Waals surface area contributed by atoms with E-state index >= 15 is 0 Å². The van der Waals surface area contributed by atoms with E-state index in [-0.39, 0.29) is 11.4 Å². The Kier molecular flexibility index (Phi) is 5.25. The molecule has 1 rings (SSSR count). The minimum Gasteiger partial charge on any atom is -0.385 e. The second-order valence-corrected chi connectivity index (χ2v) is 3.55. The van der Waals surface area contributed by atoms with E-state index in [2.05, 4.69) is 10.4 Å². The van der Waals surface area contributed by atoms with Crippen molar-refractivity contribution in [3.63, 3.8) is 0 Å². The van der Waals surface area contributed by atoms with Gasteiger partial charge in [-0.1, -0.05) is 0 Å². The van der Waals surface area contributed by atoms with Crippen molar-refractivity contribution >= 4 is 11.6 Å². The zero-order valence-electron chi connectivity index (χ0n) is 10.4. The molecule has 100 valence electrons. The Hall–Kier alpha value is -1.96. The lowest BCUT2D eigenvalue weighted by Gasteiger charge is -2.06. The Morgan fingerprint density at radius 3 is 2.94 bits per heavy atom. The van der Waals surface area contributed by atoms with E-state index < -0.39 is 10.8 Å². The summed E-state index contributed by atoms with van der Waals surface area (Å²) in [4.78, 5) is 22.0. The van der Waals surface area contributed by atoms with Crippen molar-refractivity contribution in [2.45, 2.75) is 19.9 Å². The molecule has 0 aromatic carbocycles. The van der Waals surface area contributed by atoms with E-state index in [0.717, 1.165) is 6.20 Å². The molecule has 0 saturated carbocycles. The molecule has 1 heterocycles. The molecule has 0 atom stereocenters. The number of nitrogens with zero attached hydrogens (tertiary/aromatic N) is 3. The van der Waals surface area contributed by atoms with Gasteiger partial charge < -0.3 is 10.1 Å². The zero-order chi connectivity index (χ0) is 13.5. The van der Waals surface area contributed by atoms with E-state index in [0.29, 0.717) is 26.1 Å². The lowest BCUT2D eigenvalue weighted by Crippen LogP contribution is -2.28. The van der Waals surface area contributed by atoms with Crippen LogP contribution in [0.2, 0.25) is 0 Å². The van der Waals surface area contributed by atoms with Gasteiger partial charge in [-0.25, -0.2) is 0 Å². The van der Waals surface area contributed by atoms with Gasteiger partial charge in [-0.15, -0.1) is 0 Å². The smallest absolute Gasteiger partial charge is 0.320 e. The molecule has 0 fully saturated rings. The number of hydrogen-bond donors (Lipinski definition) is 1. The molecule has 0 spiro atoms. The molecule has 1 N–H and O–H groups in total. The van der Waals surface area contributed by atoms with Crippen LogP contribution in [0.15, 0.2) is 6.20 Å². The first-order valence-corrected chi connectivity index (χ1v) is 5.59. The molecule has 0 aliphatic heterocycles. The highest BCUT2D eigenvalue weighted by Gasteiger charge is 2.25. The van der Waals surface area contributed by atoms with Crippen LogP contribution in [0, 0.1) is 10.1 Å². The average Bonchev–Trinajstić information content (AvgIpc) is 2.78. The van der Waals surface area contributed by atoms with Gasteiger partial charge in [0.25, 0.3) is 5.91 Å². The van der Waals surface area contributed by atoms with Gasteiger partial charge >= 0.3 is 5.69 Å². The number of rotatable bonds is 7. The lowest BCUT2D eigenvalue weighted by molar-refractivity contribution is -0.385. The average molecular weight is 256 g/mol. The van der Waals surface area contributed by atoms with Crippen LogP contribution in [0.1, 0.15) is 23.8 Å². The van der Waals surface area contributed by atoms with Crippen LogP contribution in [0.5, 0.6) is 0 Å². The molecule has 0 bridgehead atoms. The second-order valence-electron chi connectivity index (χ2n) is 3.55. The summed E-state index contributed by atoms with van der Waals surface area (Å²) in [6.45, 7) is 3.08. The predicted octanol–water partition coefficient (Wildman–Crippen LogP) is 0.577. The Morgan fingerprint density at radius 2 is 2.39 bits per heavy atom. The van der Waals surface area contributed by atoms with Crippen LogP contribution >= 0.6 is 0 Å². The van der Waals surface area contributed by atoms with Crippen molar-refractivity contribution in [1.82, 2.24) is 15.1 Å². The molecule has 18 heavy (non-hydrogen) atoms. The number of nitro groups is 1. The van der Waals surface area contributed by atoms with Gasteiger partial charge in [0.1, 0.15) is 6.20 Å². The van der Waals surface area contributed by atoms with Crippen molar-refractivity contribution in [1.29, 1.82) is 0 Å². The van der Waals surface area contributed by atoms with E-state index in [1.165, 1.54) is 4.68 Å². The fourth-order valence-corrected chi connectivity index (χ4v) is 1.48. The number of aromatic nitrogens is 2. The maximum atomic E-state index is 11.9. The molecule has 0 saturated heterocycles. The fourth-order valence-electron chi connectivity index (χ4n) is 1.48. The highest BCUT2D eigenvalue weighted by Crippen LogP contribution is 2.17. The topological polar surface area (TPSA) is 99.3 Å². The molecule has 1 amide bonds. The van der Waals surface area contributed by atoms with Gasteiger partial charge in [0.05, 0.1) is 4.92 Å². The molecule has 0 radical (unpaired) electrons. The Balaban J connectivity index is 2.76. The number of amides is 1. The summed E-state index contributed by atoms with van der Waals surface area (Å²) in [6.07, 6.45) is 1.74. The Labute approximate surface area is 104 Å². The first kappa shape index (κ1) is 14.1. The number of nitrogens with one attached hydrogen (secondary N) is 1. The SMILES string of the molecule is CCn1ncc([N+](=O)[O-])c1C(=O)NCCCOC. The third kappa shape index (κ3) is 3.27. The van der Waals surface area contributed by atoms with Crippen molar-refractivity contribution in [3.8, 4) is 0 Å². The largest absolute Gasteiger partial charge is 0.385 e. The third-order valence-electron chi connectivity index (χ3n) is 2.34. The first-order chi connectivity index (χ1) is 8.61.